The van der Waals surface area contributed by atoms with Crippen molar-refractivity contribution in [1.29, 1.82) is 0 Å². The molecule has 22 heavy (non-hydrogen) atoms. The Balaban J connectivity index is 1.80. The lowest BCUT2D eigenvalue weighted by atomic mass is 10.1. The molecular weight excluding hydrogens is 304 g/mol. The maximum atomic E-state index is 12.1. The van der Waals surface area contributed by atoms with E-state index in [-0.39, 0.29) is 17.8 Å². The highest BCUT2D eigenvalue weighted by molar-refractivity contribution is 7.89. The lowest BCUT2D eigenvalue weighted by Crippen LogP contribution is -2.48. The monoisotopic (exact) mass is 326 g/mol. The van der Waals surface area contributed by atoms with E-state index in [2.05, 4.69) is 15.0 Å². The zero-order chi connectivity index (χ0) is 16.0. The fraction of sp³-hybridized carbons (Fsp3) is 0.571. The van der Waals surface area contributed by atoms with E-state index in [1.54, 1.807) is 29.4 Å². The van der Waals surface area contributed by atoms with Crippen molar-refractivity contribution in [3.8, 4) is 0 Å². The molecule has 2 amide bonds. The van der Waals surface area contributed by atoms with E-state index in [4.69, 9.17) is 0 Å². The molecule has 2 N–H and O–H groups in total. The molecule has 1 aliphatic rings. The van der Waals surface area contributed by atoms with Gasteiger partial charge in [-0.2, -0.15) is 0 Å². The third-order valence-corrected chi connectivity index (χ3v) is 5.15. The minimum Gasteiger partial charge on any atom is -0.324 e. The van der Waals surface area contributed by atoms with E-state index in [1.165, 1.54) is 0 Å². The number of anilines is 1. The van der Waals surface area contributed by atoms with E-state index >= 15 is 0 Å². The fourth-order valence-electron chi connectivity index (χ4n) is 2.42. The van der Waals surface area contributed by atoms with Gasteiger partial charge in [-0.3, -0.25) is 4.98 Å². The zero-order valence-electron chi connectivity index (χ0n) is 12.7. The van der Waals surface area contributed by atoms with Crippen molar-refractivity contribution >= 4 is 21.7 Å². The molecule has 1 aliphatic heterocycles. The van der Waals surface area contributed by atoms with Gasteiger partial charge in [0.15, 0.2) is 0 Å². The Labute approximate surface area is 131 Å². The summed E-state index contributed by atoms with van der Waals surface area (Å²) in [6.45, 7) is 2.90. The summed E-state index contributed by atoms with van der Waals surface area (Å²) in [5.41, 5.74) is 0.651. The highest BCUT2D eigenvalue weighted by Crippen LogP contribution is 2.13. The van der Waals surface area contributed by atoms with E-state index in [0.29, 0.717) is 38.0 Å². The number of sulfonamides is 1. The van der Waals surface area contributed by atoms with Crippen LogP contribution in [0.5, 0.6) is 0 Å². The van der Waals surface area contributed by atoms with Crippen molar-refractivity contribution in [2.24, 2.45) is 0 Å². The maximum absolute atomic E-state index is 12.1. The number of aromatic nitrogens is 1. The van der Waals surface area contributed by atoms with Crippen molar-refractivity contribution in [1.82, 2.24) is 14.6 Å². The molecule has 0 saturated carbocycles. The normalized spacial score (nSPS) is 16.5. The Bertz CT molecular complexity index is 583. The summed E-state index contributed by atoms with van der Waals surface area (Å²) >= 11 is 0. The van der Waals surface area contributed by atoms with Crippen LogP contribution in [-0.2, 0) is 10.0 Å². The van der Waals surface area contributed by atoms with E-state index in [1.807, 2.05) is 6.92 Å². The molecule has 0 aromatic carbocycles. The smallest absolute Gasteiger partial charge is 0.321 e. The van der Waals surface area contributed by atoms with Crippen LogP contribution in [0.25, 0.3) is 0 Å². The van der Waals surface area contributed by atoms with Crippen LogP contribution in [0.3, 0.4) is 0 Å². The van der Waals surface area contributed by atoms with Gasteiger partial charge in [-0.25, -0.2) is 17.9 Å². The number of carbonyl (C=O) groups is 1. The second-order valence-corrected chi connectivity index (χ2v) is 7.24. The fourth-order valence-corrected chi connectivity index (χ4v) is 3.82. The predicted octanol–water partition coefficient (Wildman–Crippen LogP) is 1.41. The van der Waals surface area contributed by atoms with Crippen LogP contribution in [0, 0.1) is 0 Å². The molecule has 0 bridgehead atoms. The van der Waals surface area contributed by atoms with Gasteiger partial charge in [-0.15, -0.1) is 0 Å². The SMILES string of the molecule is CCCS(=O)(=O)NC1CCN(C(=O)Nc2cccnc2)CC1. The van der Waals surface area contributed by atoms with Crippen molar-refractivity contribution in [2.45, 2.75) is 32.2 Å². The Morgan fingerprint density at radius 3 is 2.73 bits per heavy atom. The lowest BCUT2D eigenvalue weighted by molar-refractivity contribution is 0.193. The number of likely N-dealkylation sites (tertiary alicyclic amines) is 1. The van der Waals surface area contributed by atoms with Crippen LogP contribution in [-0.4, -0.2) is 49.2 Å². The quantitative estimate of drug-likeness (QED) is 0.856. The Morgan fingerprint density at radius 2 is 2.14 bits per heavy atom. The summed E-state index contributed by atoms with van der Waals surface area (Å²) in [4.78, 5) is 17.7. The van der Waals surface area contributed by atoms with Gasteiger partial charge in [0.25, 0.3) is 0 Å². The first kappa shape index (κ1) is 16.7. The number of amides is 2. The summed E-state index contributed by atoms with van der Waals surface area (Å²) in [5, 5.41) is 2.78. The molecule has 0 radical (unpaired) electrons. The molecule has 1 saturated heterocycles. The van der Waals surface area contributed by atoms with Crippen molar-refractivity contribution < 1.29 is 13.2 Å². The van der Waals surface area contributed by atoms with Gasteiger partial charge in [0, 0.05) is 25.3 Å². The molecule has 1 fully saturated rings. The van der Waals surface area contributed by atoms with Gasteiger partial charge in [0.05, 0.1) is 17.6 Å². The summed E-state index contributed by atoms with van der Waals surface area (Å²) in [5.74, 6) is 0.148. The number of urea groups is 1. The summed E-state index contributed by atoms with van der Waals surface area (Å²) < 4.78 is 26.2. The van der Waals surface area contributed by atoms with Crippen LogP contribution < -0.4 is 10.0 Å². The topological polar surface area (TPSA) is 91.4 Å². The highest BCUT2D eigenvalue weighted by atomic mass is 32.2. The van der Waals surface area contributed by atoms with Crippen molar-refractivity contribution in [3.05, 3.63) is 24.5 Å². The van der Waals surface area contributed by atoms with Gasteiger partial charge in [-0.05, 0) is 31.4 Å². The Morgan fingerprint density at radius 1 is 1.41 bits per heavy atom. The Kier molecular flexibility index (Phi) is 5.73. The number of pyridine rings is 1. The van der Waals surface area contributed by atoms with Gasteiger partial charge >= 0.3 is 6.03 Å². The van der Waals surface area contributed by atoms with E-state index in [0.717, 1.165) is 0 Å². The molecule has 2 heterocycles. The largest absolute Gasteiger partial charge is 0.324 e. The van der Waals surface area contributed by atoms with Crippen LogP contribution in [0.4, 0.5) is 10.5 Å². The van der Waals surface area contributed by atoms with E-state index in [9.17, 15) is 13.2 Å². The van der Waals surface area contributed by atoms with Crippen LogP contribution in [0.1, 0.15) is 26.2 Å². The molecule has 7 nitrogen and oxygen atoms in total. The second kappa shape index (κ2) is 7.55. The van der Waals surface area contributed by atoms with Gasteiger partial charge in [0.2, 0.25) is 10.0 Å². The molecule has 1 aromatic rings. The predicted molar refractivity (Wildman–Crippen MR) is 85.1 cm³/mol. The van der Waals surface area contributed by atoms with Crippen LogP contribution in [0.15, 0.2) is 24.5 Å². The number of carbonyl (C=O) groups excluding carboxylic acids is 1. The second-order valence-electron chi connectivity index (χ2n) is 5.37. The minimum atomic E-state index is -3.19. The van der Waals surface area contributed by atoms with E-state index < -0.39 is 10.0 Å². The zero-order valence-corrected chi connectivity index (χ0v) is 13.5. The third-order valence-electron chi connectivity index (χ3n) is 3.51. The molecule has 122 valence electrons. The molecule has 1 aromatic heterocycles. The summed E-state index contributed by atoms with van der Waals surface area (Å²) in [7, 11) is -3.19. The number of nitrogens with one attached hydrogen (secondary N) is 2. The van der Waals surface area contributed by atoms with Gasteiger partial charge < -0.3 is 10.2 Å². The number of nitrogens with zero attached hydrogens (tertiary/aromatic N) is 2. The molecule has 0 atom stereocenters. The lowest BCUT2D eigenvalue weighted by Gasteiger charge is -2.32. The Hall–Kier alpha value is -1.67. The molecule has 0 aliphatic carbocycles. The first-order valence-electron chi connectivity index (χ1n) is 7.46. The number of hydrogen-bond acceptors (Lipinski definition) is 4. The molecule has 0 spiro atoms. The third kappa shape index (κ3) is 4.96. The molecular formula is C14H22N4O3S. The summed E-state index contributed by atoms with van der Waals surface area (Å²) in [6.07, 6.45) is 5.08. The number of hydrogen-bond donors (Lipinski definition) is 2. The molecule has 8 heteroatoms. The van der Waals surface area contributed by atoms with Crippen LogP contribution >= 0.6 is 0 Å². The summed E-state index contributed by atoms with van der Waals surface area (Å²) in [6, 6.07) is 3.27. The average molecular weight is 326 g/mol. The standard InChI is InChI=1S/C14H22N4O3S/c1-2-10-22(20,21)17-12-5-8-18(9-6-12)14(19)16-13-4-3-7-15-11-13/h3-4,7,11-12,17H,2,5-6,8-10H2,1H3,(H,16,19). The first-order valence-corrected chi connectivity index (χ1v) is 9.11. The minimum absolute atomic E-state index is 0.0843. The van der Waals surface area contributed by atoms with Gasteiger partial charge in [-0.1, -0.05) is 6.92 Å². The van der Waals surface area contributed by atoms with Crippen molar-refractivity contribution in [2.75, 3.05) is 24.2 Å². The average Bonchev–Trinajstić information content (AvgIpc) is 2.48. The number of piperidine rings is 1. The molecule has 0 unspecified atom stereocenters. The number of rotatable bonds is 5. The molecule has 2 rings (SSSR count). The highest BCUT2D eigenvalue weighted by Gasteiger charge is 2.25. The van der Waals surface area contributed by atoms with Gasteiger partial charge in [0.1, 0.15) is 0 Å². The first-order chi connectivity index (χ1) is 10.5. The van der Waals surface area contributed by atoms with Crippen LogP contribution in [0.2, 0.25) is 0 Å². The maximum Gasteiger partial charge on any atom is 0.321 e. The van der Waals surface area contributed by atoms with Crippen molar-refractivity contribution in [3.63, 3.8) is 0 Å².